The summed E-state index contributed by atoms with van der Waals surface area (Å²) < 4.78 is 1.63. The van der Waals surface area contributed by atoms with Gasteiger partial charge in [0, 0.05) is 43.3 Å². The highest BCUT2D eigenvalue weighted by Gasteiger charge is 2.51. The molecule has 0 bridgehead atoms. The molecular formula is C22H22N8O3. The Labute approximate surface area is 188 Å². The quantitative estimate of drug-likeness (QED) is 0.513. The Balaban J connectivity index is 1.28. The first kappa shape index (κ1) is 19.6. The van der Waals surface area contributed by atoms with Gasteiger partial charge in [0.2, 0.25) is 23.7 Å². The maximum atomic E-state index is 12.3. The summed E-state index contributed by atoms with van der Waals surface area (Å²) in [4.78, 5) is 47.4. The SMILES string of the molecule is CC1(C)C(=O)Nc2cc(Nc3nc4c(N5CCC6(CC(=O)NC6=O)C5)nccn4n3)ccc21. The maximum Gasteiger partial charge on any atom is 0.247 e. The van der Waals surface area contributed by atoms with Gasteiger partial charge in [-0.25, -0.2) is 9.50 Å². The summed E-state index contributed by atoms with van der Waals surface area (Å²) in [6, 6.07) is 5.69. The lowest BCUT2D eigenvalue weighted by Crippen LogP contribution is -2.34. The van der Waals surface area contributed by atoms with Gasteiger partial charge in [0.25, 0.3) is 0 Å². The van der Waals surface area contributed by atoms with Crippen molar-refractivity contribution in [3.8, 4) is 0 Å². The molecule has 1 aromatic carbocycles. The number of carbonyl (C=O) groups is 3. The van der Waals surface area contributed by atoms with Crippen LogP contribution in [0.1, 0.15) is 32.3 Å². The zero-order valence-corrected chi connectivity index (χ0v) is 18.2. The van der Waals surface area contributed by atoms with Crippen LogP contribution in [0, 0.1) is 5.41 Å². The average Bonchev–Trinajstić information content (AvgIpc) is 3.48. The van der Waals surface area contributed by atoms with Crippen LogP contribution in [-0.2, 0) is 19.8 Å². The van der Waals surface area contributed by atoms with Crippen molar-refractivity contribution in [3.63, 3.8) is 0 Å². The lowest BCUT2D eigenvalue weighted by atomic mass is 9.85. The van der Waals surface area contributed by atoms with E-state index in [1.165, 1.54) is 0 Å². The second-order valence-corrected chi connectivity index (χ2v) is 9.42. The molecule has 1 atom stereocenters. The smallest absolute Gasteiger partial charge is 0.247 e. The molecule has 2 fully saturated rings. The van der Waals surface area contributed by atoms with Crippen molar-refractivity contribution in [1.29, 1.82) is 0 Å². The highest BCUT2D eigenvalue weighted by molar-refractivity contribution is 6.07. The zero-order chi connectivity index (χ0) is 23.0. The molecule has 1 spiro atoms. The van der Waals surface area contributed by atoms with Gasteiger partial charge < -0.3 is 15.5 Å². The van der Waals surface area contributed by atoms with Gasteiger partial charge in [0.15, 0.2) is 11.5 Å². The summed E-state index contributed by atoms with van der Waals surface area (Å²) in [5.74, 6) is 0.534. The number of hydrogen-bond donors (Lipinski definition) is 3. The van der Waals surface area contributed by atoms with Crippen LogP contribution < -0.4 is 20.9 Å². The Hall–Kier alpha value is -4.02. The minimum absolute atomic E-state index is 0.0303. The van der Waals surface area contributed by atoms with Gasteiger partial charge in [0.05, 0.1) is 10.8 Å². The third kappa shape index (κ3) is 2.88. The number of rotatable bonds is 3. The Morgan fingerprint density at radius 3 is 2.76 bits per heavy atom. The molecule has 6 rings (SSSR count). The van der Waals surface area contributed by atoms with Crippen LogP contribution in [0.15, 0.2) is 30.6 Å². The van der Waals surface area contributed by atoms with Crippen LogP contribution in [0.25, 0.3) is 5.65 Å². The fraction of sp³-hybridized carbons (Fsp3) is 0.364. The van der Waals surface area contributed by atoms with E-state index in [0.29, 0.717) is 36.9 Å². The van der Waals surface area contributed by atoms with Crippen LogP contribution in [0.4, 0.5) is 23.1 Å². The normalized spacial score (nSPS) is 23.3. The van der Waals surface area contributed by atoms with E-state index >= 15 is 0 Å². The topological polar surface area (TPSA) is 134 Å². The molecule has 33 heavy (non-hydrogen) atoms. The van der Waals surface area contributed by atoms with E-state index in [4.69, 9.17) is 0 Å². The van der Waals surface area contributed by atoms with E-state index < -0.39 is 10.8 Å². The van der Waals surface area contributed by atoms with E-state index in [0.717, 1.165) is 16.9 Å². The van der Waals surface area contributed by atoms with Crippen LogP contribution in [0.3, 0.4) is 0 Å². The molecule has 0 aliphatic carbocycles. The number of imide groups is 1. The monoisotopic (exact) mass is 446 g/mol. The minimum Gasteiger partial charge on any atom is -0.352 e. The molecule has 3 aromatic rings. The number of carbonyl (C=O) groups excluding carboxylic acids is 3. The number of anilines is 4. The minimum atomic E-state index is -0.699. The fourth-order valence-electron chi connectivity index (χ4n) is 4.95. The number of nitrogens with one attached hydrogen (secondary N) is 3. The van der Waals surface area contributed by atoms with Gasteiger partial charge in [-0.05, 0) is 38.0 Å². The first-order valence-corrected chi connectivity index (χ1v) is 10.8. The average molecular weight is 446 g/mol. The first-order chi connectivity index (χ1) is 15.7. The van der Waals surface area contributed by atoms with Crippen LogP contribution in [0.2, 0.25) is 0 Å². The van der Waals surface area contributed by atoms with Crippen molar-refractivity contribution in [2.24, 2.45) is 5.41 Å². The Morgan fingerprint density at radius 2 is 1.97 bits per heavy atom. The van der Waals surface area contributed by atoms with Gasteiger partial charge >= 0.3 is 0 Å². The van der Waals surface area contributed by atoms with E-state index in [1.807, 2.05) is 36.9 Å². The number of benzene rings is 1. The second-order valence-electron chi connectivity index (χ2n) is 9.42. The van der Waals surface area contributed by atoms with E-state index in [2.05, 4.69) is 31.0 Å². The number of nitrogens with zero attached hydrogens (tertiary/aromatic N) is 5. The highest BCUT2D eigenvalue weighted by Crippen LogP contribution is 2.40. The zero-order valence-electron chi connectivity index (χ0n) is 18.2. The van der Waals surface area contributed by atoms with Crippen LogP contribution in [0.5, 0.6) is 0 Å². The molecule has 2 saturated heterocycles. The van der Waals surface area contributed by atoms with E-state index in [-0.39, 0.29) is 24.1 Å². The maximum absolute atomic E-state index is 12.3. The predicted molar refractivity (Wildman–Crippen MR) is 119 cm³/mol. The van der Waals surface area contributed by atoms with E-state index in [1.54, 1.807) is 16.9 Å². The van der Waals surface area contributed by atoms with Gasteiger partial charge in [-0.1, -0.05) is 6.07 Å². The van der Waals surface area contributed by atoms with Crippen LogP contribution in [-0.4, -0.2) is 50.4 Å². The largest absolute Gasteiger partial charge is 0.352 e. The van der Waals surface area contributed by atoms with Crippen molar-refractivity contribution in [1.82, 2.24) is 24.9 Å². The van der Waals surface area contributed by atoms with E-state index in [9.17, 15) is 14.4 Å². The Morgan fingerprint density at radius 1 is 1.12 bits per heavy atom. The predicted octanol–water partition coefficient (Wildman–Crippen LogP) is 1.34. The number of fused-ring (bicyclic) bond motifs is 2. The fourth-order valence-corrected chi connectivity index (χ4v) is 4.95. The molecule has 2 aromatic heterocycles. The molecule has 3 aliphatic heterocycles. The highest BCUT2D eigenvalue weighted by atomic mass is 16.2. The summed E-state index contributed by atoms with van der Waals surface area (Å²) in [6.45, 7) is 4.80. The molecule has 1 unspecified atom stereocenters. The summed E-state index contributed by atoms with van der Waals surface area (Å²) in [5, 5.41) is 13.0. The molecule has 11 heteroatoms. The Bertz CT molecular complexity index is 1360. The molecule has 3 aliphatic rings. The summed E-state index contributed by atoms with van der Waals surface area (Å²) in [5.41, 5.74) is 1.76. The molecule has 0 saturated carbocycles. The number of hydrogen-bond acceptors (Lipinski definition) is 8. The van der Waals surface area contributed by atoms with Crippen molar-refractivity contribution >= 4 is 46.5 Å². The van der Waals surface area contributed by atoms with Gasteiger partial charge in [0.1, 0.15) is 0 Å². The standard InChI is InChI=1S/C22H22N8O3/c1-21(2)13-4-3-12(9-14(13)25-18(21)32)24-20-27-17-16(23-6-8-30(17)28-20)29-7-5-22(11-29)10-15(31)26-19(22)33/h3-4,6,8-9H,5,7,10-11H2,1-2H3,(H,24,28)(H,25,32)(H,26,31,33). The van der Waals surface area contributed by atoms with Gasteiger partial charge in [-0.15, -0.1) is 5.10 Å². The number of aromatic nitrogens is 4. The molecule has 0 radical (unpaired) electrons. The van der Waals surface area contributed by atoms with Crippen molar-refractivity contribution in [3.05, 3.63) is 36.2 Å². The molecule has 5 heterocycles. The Kier molecular flexibility index (Phi) is 3.87. The van der Waals surface area contributed by atoms with Gasteiger partial charge in [-0.3, -0.25) is 19.7 Å². The second kappa shape index (κ2) is 6.50. The first-order valence-electron chi connectivity index (χ1n) is 10.8. The number of amides is 3. The molecule has 3 amide bonds. The third-order valence-electron chi connectivity index (χ3n) is 6.89. The molecular weight excluding hydrogens is 424 g/mol. The third-order valence-corrected chi connectivity index (χ3v) is 6.89. The summed E-state index contributed by atoms with van der Waals surface area (Å²) in [7, 11) is 0. The molecule has 168 valence electrons. The van der Waals surface area contributed by atoms with Crippen molar-refractivity contribution < 1.29 is 14.4 Å². The summed E-state index contributed by atoms with van der Waals surface area (Å²) >= 11 is 0. The van der Waals surface area contributed by atoms with Crippen LogP contribution >= 0.6 is 0 Å². The van der Waals surface area contributed by atoms with Crippen molar-refractivity contribution in [2.45, 2.75) is 32.1 Å². The lowest BCUT2D eigenvalue weighted by Gasteiger charge is -2.21. The van der Waals surface area contributed by atoms with Crippen molar-refractivity contribution in [2.75, 3.05) is 28.6 Å². The summed E-state index contributed by atoms with van der Waals surface area (Å²) in [6.07, 6.45) is 4.14. The molecule has 11 nitrogen and oxygen atoms in total. The van der Waals surface area contributed by atoms with Gasteiger partial charge in [-0.2, -0.15) is 4.98 Å². The molecule has 3 N–H and O–H groups in total. The lowest BCUT2D eigenvalue weighted by molar-refractivity contribution is -0.128.